The van der Waals surface area contributed by atoms with E-state index in [1.165, 1.54) is 41.3 Å². The molecule has 1 aromatic heterocycles. The van der Waals surface area contributed by atoms with Crippen LogP contribution in [0.2, 0.25) is 0 Å². The van der Waals surface area contributed by atoms with Crippen LogP contribution in [0.15, 0.2) is 48.5 Å². The molecule has 29 heavy (non-hydrogen) atoms. The molecular weight excluding hydrogens is 400 g/mol. The number of thiazole rings is 1. The van der Waals surface area contributed by atoms with Crippen LogP contribution >= 0.6 is 11.3 Å². The first-order valence-corrected chi connectivity index (χ1v) is 9.55. The molecule has 9 heteroatoms. The number of nitrogens with zero attached hydrogens (tertiary/aromatic N) is 2. The molecule has 148 valence electrons. The first-order valence-electron chi connectivity index (χ1n) is 8.73. The standard InChI is InChI=1S/C20H15F2N3O3S/c21-12-3-1-11(2-4-12)16-19(28-14-7-5-13(22)6-8-14)29-20(24-16)25-10-9-15(17(23)26)18(25)27/h1-8,15H,9-10H2,(H2,23,26). The first kappa shape index (κ1) is 19.0. The minimum Gasteiger partial charge on any atom is -0.444 e. The van der Waals surface area contributed by atoms with Crippen LogP contribution in [0.1, 0.15) is 6.42 Å². The summed E-state index contributed by atoms with van der Waals surface area (Å²) in [5, 5.41) is 0.698. The van der Waals surface area contributed by atoms with Crippen molar-refractivity contribution in [3.8, 4) is 22.1 Å². The van der Waals surface area contributed by atoms with E-state index in [9.17, 15) is 18.4 Å². The van der Waals surface area contributed by atoms with E-state index in [1.807, 2.05) is 0 Å². The molecule has 4 rings (SSSR count). The minimum atomic E-state index is -0.880. The molecule has 6 nitrogen and oxygen atoms in total. The first-order chi connectivity index (χ1) is 13.9. The maximum Gasteiger partial charge on any atom is 0.241 e. The number of anilines is 1. The van der Waals surface area contributed by atoms with Gasteiger partial charge >= 0.3 is 0 Å². The Labute approximate surface area is 168 Å². The molecule has 0 aliphatic carbocycles. The Morgan fingerprint density at radius 1 is 1.10 bits per heavy atom. The average Bonchev–Trinajstić information content (AvgIpc) is 3.28. The van der Waals surface area contributed by atoms with Crippen molar-refractivity contribution in [3.63, 3.8) is 0 Å². The second kappa shape index (κ2) is 7.59. The fraction of sp³-hybridized carbons (Fsp3) is 0.150. The zero-order chi connectivity index (χ0) is 20.5. The van der Waals surface area contributed by atoms with Crippen LogP contribution in [0.3, 0.4) is 0 Å². The Hall–Kier alpha value is -3.33. The van der Waals surface area contributed by atoms with Gasteiger partial charge < -0.3 is 10.5 Å². The van der Waals surface area contributed by atoms with Gasteiger partial charge in [0.2, 0.25) is 16.9 Å². The molecule has 0 saturated carbocycles. The third kappa shape index (κ3) is 3.81. The van der Waals surface area contributed by atoms with E-state index >= 15 is 0 Å². The molecule has 2 heterocycles. The van der Waals surface area contributed by atoms with E-state index in [0.717, 1.165) is 11.3 Å². The maximum absolute atomic E-state index is 13.3. The van der Waals surface area contributed by atoms with E-state index in [-0.39, 0.29) is 0 Å². The molecule has 1 aliphatic rings. The van der Waals surface area contributed by atoms with Crippen LogP contribution < -0.4 is 15.4 Å². The van der Waals surface area contributed by atoms with E-state index in [0.29, 0.717) is 40.2 Å². The third-order valence-corrected chi connectivity index (χ3v) is 5.46. The second-order valence-electron chi connectivity index (χ2n) is 6.43. The van der Waals surface area contributed by atoms with Crippen molar-refractivity contribution >= 4 is 28.3 Å². The molecule has 0 spiro atoms. The third-order valence-electron chi connectivity index (χ3n) is 4.51. The van der Waals surface area contributed by atoms with Gasteiger partial charge in [-0.15, -0.1) is 0 Å². The number of aromatic nitrogens is 1. The largest absolute Gasteiger partial charge is 0.444 e. The zero-order valence-corrected chi connectivity index (χ0v) is 15.8. The molecule has 2 aromatic carbocycles. The van der Waals surface area contributed by atoms with Gasteiger partial charge in [-0.25, -0.2) is 13.8 Å². The summed E-state index contributed by atoms with van der Waals surface area (Å²) in [5.41, 5.74) is 6.28. The number of hydrogen-bond donors (Lipinski definition) is 1. The number of benzene rings is 2. The Balaban J connectivity index is 1.72. The zero-order valence-electron chi connectivity index (χ0n) is 15.0. The lowest BCUT2D eigenvalue weighted by Crippen LogP contribution is -2.33. The molecule has 2 N–H and O–H groups in total. The highest BCUT2D eigenvalue weighted by Crippen LogP contribution is 2.43. The number of hydrogen-bond acceptors (Lipinski definition) is 5. The van der Waals surface area contributed by atoms with Crippen molar-refractivity contribution in [1.82, 2.24) is 4.98 Å². The van der Waals surface area contributed by atoms with Crippen molar-refractivity contribution in [1.29, 1.82) is 0 Å². The molecule has 0 radical (unpaired) electrons. The molecule has 0 bridgehead atoms. The summed E-state index contributed by atoms with van der Waals surface area (Å²) in [6.45, 7) is 0.304. The number of amides is 2. The summed E-state index contributed by atoms with van der Waals surface area (Å²) in [6.07, 6.45) is 0.313. The summed E-state index contributed by atoms with van der Waals surface area (Å²) in [4.78, 5) is 29.8. The quantitative estimate of drug-likeness (QED) is 0.644. The van der Waals surface area contributed by atoms with E-state index in [2.05, 4.69) is 4.98 Å². The lowest BCUT2D eigenvalue weighted by molar-refractivity contribution is -0.130. The maximum atomic E-state index is 13.3. The Morgan fingerprint density at radius 2 is 1.72 bits per heavy atom. The summed E-state index contributed by atoms with van der Waals surface area (Å²) >= 11 is 1.10. The summed E-state index contributed by atoms with van der Waals surface area (Å²) in [6, 6.07) is 11.1. The highest BCUT2D eigenvalue weighted by Gasteiger charge is 2.38. The van der Waals surface area contributed by atoms with Crippen LogP contribution in [-0.4, -0.2) is 23.3 Å². The molecule has 1 atom stereocenters. The predicted molar refractivity (Wildman–Crippen MR) is 104 cm³/mol. The fourth-order valence-electron chi connectivity index (χ4n) is 3.01. The van der Waals surface area contributed by atoms with Crippen LogP contribution in [0.5, 0.6) is 10.8 Å². The lowest BCUT2D eigenvalue weighted by Gasteiger charge is -2.11. The number of rotatable bonds is 5. The highest BCUT2D eigenvalue weighted by molar-refractivity contribution is 7.18. The molecule has 1 aliphatic heterocycles. The van der Waals surface area contributed by atoms with Gasteiger partial charge in [0.1, 0.15) is 29.0 Å². The number of nitrogens with two attached hydrogens (primary N) is 1. The van der Waals surface area contributed by atoms with E-state index in [1.54, 1.807) is 12.1 Å². The Morgan fingerprint density at radius 3 is 2.31 bits per heavy atom. The summed E-state index contributed by atoms with van der Waals surface area (Å²) in [7, 11) is 0. The van der Waals surface area contributed by atoms with Crippen LogP contribution in [0, 0.1) is 17.6 Å². The molecule has 1 unspecified atom stereocenters. The normalized spacial score (nSPS) is 16.3. The Bertz CT molecular complexity index is 1070. The van der Waals surface area contributed by atoms with Gasteiger partial charge in [-0.2, -0.15) is 0 Å². The lowest BCUT2D eigenvalue weighted by atomic mass is 10.1. The van der Waals surface area contributed by atoms with Crippen molar-refractivity contribution < 1.29 is 23.1 Å². The predicted octanol–water partition coefficient (Wildman–Crippen LogP) is 3.72. The van der Waals surface area contributed by atoms with Crippen molar-refractivity contribution in [3.05, 3.63) is 60.2 Å². The average molecular weight is 415 g/mol. The summed E-state index contributed by atoms with van der Waals surface area (Å²) < 4.78 is 32.4. The summed E-state index contributed by atoms with van der Waals surface area (Å²) in [5.74, 6) is -2.38. The number of carbonyl (C=O) groups is 2. The van der Waals surface area contributed by atoms with Crippen molar-refractivity contribution in [2.45, 2.75) is 6.42 Å². The molecule has 1 saturated heterocycles. The number of ether oxygens (including phenoxy) is 1. The molecule has 3 aromatic rings. The minimum absolute atomic E-state index is 0.304. The van der Waals surface area contributed by atoms with Crippen LogP contribution in [-0.2, 0) is 9.59 Å². The van der Waals surface area contributed by atoms with Gasteiger partial charge in [-0.3, -0.25) is 14.5 Å². The van der Waals surface area contributed by atoms with Gasteiger partial charge in [0.25, 0.3) is 0 Å². The van der Waals surface area contributed by atoms with Gasteiger partial charge in [0.05, 0.1) is 0 Å². The number of carbonyl (C=O) groups excluding carboxylic acids is 2. The number of primary amides is 1. The SMILES string of the molecule is NC(=O)C1CCN(c2nc(-c3ccc(F)cc3)c(Oc3ccc(F)cc3)s2)C1=O. The molecule has 2 amide bonds. The topological polar surface area (TPSA) is 85.5 Å². The van der Waals surface area contributed by atoms with Crippen LogP contribution in [0.4, 0.5) is 13.9 Å². The van der Waals surface area contributed by atoms with Gasteiger partial charge in [0, 0.05) is 12.1 Å². The fourth-order valence-corrected chi connectivity index (χ4v) is 4.01. The van der Waals surface area contributed by atoms with Gasteiger partial charge in [0.15, 0.2) is 5.13 Å². The molecule has 1 fully saturated rings. The monoisotopic (exact) mass is 415 g/mol. The van der Waals surface area contributed by atoms with Gasteiger partial charge in [-0.1, -0.05) is 11.3 Å². The van der Waals surface area contributed by atoms with Crippen LogP contribution in [0.25, 0.3) is 11.3 Å². The Kier molecular flexibility index (Phi) is 4.98. The van der Waals surface area contributed by atoms with Gasteiger partial charge in [-0.05, 0) is 55.0 Å². The van der Waals surface area contributed by atoms with Crippen molar-refractivity contribution in [2.24, 2.45) is 11.7 Å². The smallest absolute Gasteiger partial charge is 0.241 e. The second-order valence-corrected chi connectivity index (χ2v) is 7.37. The van der Waals surface area contributed by atoms with E-state index in [4.69, 9.17) is 10.5 Å². The highest BCUT2D eigenvalue weighted by atomic mass is 32.1. The molecular formula is C20H15F2N3O3S. The van der Waals surface area contributed by atoms with Crippen molar-refractivity contribution in [2.75, 3.05) is 11.4 Å². The van der Waals surface area contributed by atoms with E-state index < -0.39 is 29.4 Å². The number of halogens is 2.